The Labute approximate surface area is 119 Å². The first-order chi connectivity index (χ1) is 7.61. The Bertz CT molecular complexity index is 388. The molecule has 0 radical (unpaired) electrons. The Morgan fingerprint density at radius 3 is 2.29 bits per heavy atom. The van der Waals surface area contributed by atoms with E-state index in [2.05, 4.69) is 41.5 Å². The van der Waals surface area contributed by atoms with Gasteiger partial charge in [0.05, 0.1) is 15.5 Å². The third kappa shape index (κ3) is 2.05. The van der Waals surface area contributed by atoms with Crippen molar-refractivity contribution in [3.05, 3.63) is 11.0 Å². The van der Waals surface area contributed by atoms with Gasteiger partial charge in [-0.15, -0.1) is 0 Å². The maximum Gasteiger partial charge on any atom is 0.115 e. The van der Waals surface area contributed by atoms with Gasteiger partial charge in [0.15, 0.2) is 0 Å². The number of hydrogen-bond acceptors (Lipinski definition) is 4. The van der Waals surface area contributed by atoms with Gasteiger partial charge >= 0.3 is 0 Å². The van der Waals surface area contributed by atoms with E-state index < -0.39 is 10.8 Å². The largest absolute Gasteiger partial charge is 0.254 e. The molecule has 2 heterocycles. The summed E-state index contributed by atoms with van der Waals surface area (Å²) in [6, 6.07) is 0. The van der Waals surface area contributed by atoms with Gasteiger partial charge in [0.25, 0.3) is 0 Å². The fourth-order valence-electron chi connectivity index (χ4n) is 2.47. The molecule has 1 nitrogen and oxygen atoms in total. The normalized spacial score (nSPS) is 38.1. The van der Waals surface area contributed by atoms with Crippen molar-refractivity contribution in [2.45, 2.75) is 50.9 Å². The van der Waals surface area contributed by atoms with Gasteiger partial charge in [0.1, 0.15) is 4.58 Å². The quantitative estimate of drug-likeness (QED) is 0.596. The summed E-state index contributed by atoms with van der Waals surface area (Å²) in [4.78, 5) is 0. The lowest BCUT2D eigenvalue weighted by atomic mass is 9.69. The minimum Gasteiger partial charge on any atom is -0.254 e. The zero-order chi connectivity index (χ0) is 13.1. The number of rotatable bonds is 0. The van der Waals surface area contributed by atoms with E-state index in [1.54, 1.807) is 10.8 Å². The predicted molar refractivity (Wildman–Crippen MR) is 84.4 cm³/mol. The molecule has 2 rings (SSSR count). The smallest absolute Gasteiger partial charge is 0.115 e. The van der Waals surface area contributed by atoms with Gasteiger partial charge < -0.3 is 0 Å². The molecule has 0 saturated carbocycles. The molecule has 0 N–H and O–H groups in total. The first-order valence-corrected chi connectivity index (χ1v) is 10.6. The molecule has 0 aromatic heterocycles. The molecule has 5 heteroatoms. The maximum absolute atomic E-state index is 12.4. The summed E-state index contributed by atoms with van der Waals surface area (Å²) < 4.78 is 12.6. The molecule has 0 aromatic rings. The molecule has 2 aliphatic heterocycles. The predicted octanol–water partition coefficient (Wildman–Crippen LogP) is 4.83. The second-order valence-corrected chi connectivity index (χ2v) is 12.7. The van der Waals surface area contributed by atoms with Crippen LogP contribution in [0, 0.1) is 10.8 Å². The summed E-state index contributed by atoms with van der Waals surface area (Å²) in [6.45, 7) is 13.5. The minimum atomic E-state index is -0.831. The first-order valence-electron chi connectivity index (χ1n) is 5.74. The van der Waals surface area contributed by atoms with Crippen molar-refractivity contribution in [1.29, 1.82) is 0 Å². The fraction of sp³-hybridized carbons (Fsp3) is 0.833. The van der Waals surface area contributed by atoms with Crippen LogP contribution in [0.2, 0.25) is 0 Å². The Morgan fingerprint density at radius 1 is 1.24 bits per heavy atom. The van der Waals surface area contributed by atoms with Gasteiger partial charge in [-0.2, -0.15) is 0 Å². The van der Waals surface area contributed by atoms with Crippen LogP contribution in [0.4, 0.5) is 0 Å². The molecule has 3 atom stereocenters. The van der Waals surface area contributed by atoms with Crippen LogP contribution >= 0.6 is 31.4 Å². The molecule has 1 saturated heterocycles. The van der Waals surface area contributed by atoms with Crippen LogP contribution in [-0.4, -0.2) is 13.5 Å². The van der Waals surface area contributed by atoms with Crippen LogP contribution in [0.1, 0.15) is 41.5 Å². The van der Waals surface area contributed by atoms with Crippen LogP contribution in [-0.2, 0) is 10.8 Å². The highest BCUT2D eigenvalue weighted by Crippen LogP contribution is 2.72. The van der Waals surface area contributed by atoms with Crippen molar-refractivity contribution in [3.8, 4) is 0 Å². The summed E-state index contributed by atoms with van der Waals surface area (Å²) >= 11 is 0. The Morgan fingerprint density at radius 2 is 1.82 bits per heavy atom. The molecule has 1 unspecified atom stereocenters. The van der Waals surface area contributed by atoms with Gasteiger partial charge in [-0.3, -0.25) is 4.21 Å². The summed E-state index contributed by atoms with van der Waals surface area (Å²) in [7, 11) is 4.70. The molecule has 17 heavy (non-hydrogen) atoms. The van der Waals surface area contributed by atoms with E-state index in [0.717, 1.165) is 0 Å². The van der Waals surface area contributed by atoms with Crippen molar-refractivity contribution in [2.24, 2.45) is 10.8 Å². The summed E-state index contributed by atoms with van der Waals surface area (Å²) in [5, 5.41) is 2.04. The maximum atomic E-state index is 12.4. The molecular formula is C12H20OS4. The summed E-state index contributed by atoms with van der Waals surface area (Å²) in [6.07, 6.45) is 0. The van der Waals surface area contributed by atoms with E-state index in [4.69, 9.17) is 0 Å². The third-order valence-electron chi connectivity index (χ3n) is 3.39. The zero-order valence-electron chi connectivity index (χ0n) is 11.2. The topological polar surface area (TPSA) is 17.1 Å². The van der Waals surface area contributed by atoms with Gasteiger partial charge in [-0.05, 0) is 26.2 Å². The molecule has 0 spiro atoms. The zero-order valence-corrected chi connectivity index (χ0v) is 14.5. The fourth-order valence-corrected chi connectivity index (χ4v) is 13.5. The van der Waals surface area contributed by atoms with Crippen molar-refractivity contribution in [1.82, 2.24) is 0 Å². The van der Waals surface area contributed by atoms with E-state index in [9.17, 15) is 4.21 Å². The lowest BCUT2D eigenvalue weighted by Crippen LogP contribution is -2.48. The lowest BCUT2D eigenvalue weighted by Gasteiger charge is -2.45. The van der Waals surface area contributed by atoms with Gasteiger partial charge in [0.2, 0.25) is 0 Å². The molecule has 0 aromatic carbocycles. The van der Waals surface area contributed by atoms with E-state index in [1.807, 2.05) is 26.0 Å². The highest BCUT2D eigenvalue weighted by atomic mass is 33.5. The summed E-state index contributed by atoms with van der Waals surface area (Å²) in [5.41, 5.74) is 1.60. The van der Waals surface area contributed by atoms with E-state index in [0.29, 0.717) is 0 Å². The van der Waals surface area contributed by atoms with E-state index in [1.165, 1.54) is 5.57 Å². The molecular weight excluding hydrogens is 288 g/mol. The van der Waals surface area contributed by atoms with Gasteiger partial charge in [-0.25, -0.2) is 0 Å². The second-order valence-electron chi connectivity index (χ2n) is 6.68. The SMILES string of the molecule is CC(C)(C)C1=CS(=O)[C@H]2SSS[C@@]12C(C)(C)C. The van der Waals surface area contributed by atoms with E-state index in [-0.39, 0.29) is 20.2 Å². The molecule has 98 valence electrons. The number of hydrogen-bond donors (Lipinski definition) is 0. The highest BCUT2D eigenvalue weighted by molar-refractivity contribution is 9.11. The third-order valence-corrected chi connectivity index (χ3v) is 11.3. The molecule has 1 fully saturated rings. The second kappa shape index (κ2) is 4.22. The van der Waals surface area contributed by atoms with Crippen LogP contribution in [0.3, 0.4) is 0 Å². The minimum absolute atomic E-state index is 0.0193. The standard InChI is InChI=1S/C12H20OS4/c1-10(2,3)8-7-17(13)9-12(8,11(4,5)6)15-16-14-9/h7,9H,1-6H3/t9-,12+,17?/m1/s1. The average Bonchev–Trinajstić information content (AvgIpc) is 2.63. The lowest BCUT2D eigenvalue weighted by molar-refractivity contribution is 0.296. The molecule has 0 aliphatic carbocycles. The van der Waals surface area contributed by atoms with Crippen LogP contribution in [0.15, 0.2) is 11.0 Å². The Balaban J connectivity index is 2.59. The molecule has 2 aliphatic rings. The van der Waals surface area contributed by atoms with Crippen molar-refractivity contribution in [3.63, 3.8) is 0 Å². The van der Waals surface area contributed by atoms with Crippen molar-refractivity contribution in [2.75, 3.05) is 0 Å². The number of fused-ring (bicyclic) bond motifs is 1. The van der Waals surface area contributed by atoms with E-state index >= 15 is 0 Å². The average molecular weight is 309 g/mol. The Hall–Kier alpha value is 0.940. The monoisotopic (exact) mass is 308 g/mol. The molecule has 0 bridgehead atoms. The Kier molecular flexibility index (Phi) is 3.56. The van der Waals surface area contributed by atoms with Crippen LogP contribution in [0.5, 0.6) is 0 Å². The molecule has 0 amide bonds. The first kappa shape index (κ1) is 14.4. The highest BCUT2D eigenvalue weighted by Gasteiger charge is 2.62. The van der Waals surface area contributed by atoms with Crippen molar-refractivity contribution < 1.29 is 4.21 Å². The summed E-state index contributed by atoms with van der Waals surface area (Å²) in [5.74, 6) is 0. The van der Waals surface area contributed by atoms with Crippen LogP contribution in [0.25, 0.3) is 0 Å². The van der Waals surface area contributed by atoms with Crippen molar-refractivity contribution >= 4 is 42.2 Å². The van der Waals surface area contributed by atoms with Gasteiger partial charge in [-0.1, -0.05) is 63.1 Å². The van der Waals surface area contributed by atoms with Crippen LogP contribution < -0.4 is 0 Å². The van der Waals surface area contributed by atoms with Gasteiger partial charge in [0, 0.05) is 5.41 Å².